The zero-order chi connectivity index (χ0) is 15.9. The van der Waals surface area contributed by atoms with E-state index in [1.54, 1.807) is 11.0 Å². The van der Waals surface area contributed by atoms with Gasteiger partial charge in [-0.15, -0.1) is 0 Å². The van der Waals surface area contributed by atoms with Crippen LogP contribution in [0.5, 0.6) is 0 Å². The number of likely N-dealkylation sites (tertiary alicyclic amines) is 2. The lowest BCUT2D eigenvalue weighted by Gasteiger charge is -2.37. The topological polar surface area (TPSA) is 98.2 Å². The van der Waals surface area contributed by atoms with Gasteiger partial charge in [-0.25, -0.2) is 0 Å². The lowest BCUT2D eigenvalue weighted by atomic mass is 10.0. The van der Waals surface area contributed by atoms with E-state index < -0.39 is 30.1 Å². The van der Waals surface area contributed by atoms with Crippen molar-refractivity contribution < 1.29 is 24.6 Å². The van der Waals surface area contributed by atoms with Gasteiger partial charge < -0.3 is 10.2 Å². The Morgan fingerprint density at radius 3 is 2.14 bits per heavy atom. The van der Waals surface area contributed by atoms with Crippen LogP contribution in [0.1, 0.15) is 25.7 Å². The first-order valence-corrected chi connectivity index (χ1v) is 7.70. The van der Waals surface area contributed by atoms with Crippen LogP contribution in [0, 0.1) is 0 Å². The van der Waals surface area contributed by atoms with Gasteiger partial charge in [0.05, 0.1) is 12.1 Å². The predicted molar refractivity (Wildman–Crippen MR) is 76.5 cm³/mol. The van der Waals surface area contributed by atoms with Gasteiger partial charge in [0.15, 0.2) is 5.78 Å². The first-order chi connectivity index (χ1) is 10.5. The van der Waals surface area contributed by atoms with Crippen LogP contribution >= 0.6 is 0 Å². The molecule has 3 rings (SSSR count). The standard InChI is InChI=1S/C15H20N2O5/c18-12-6-5-9(16-7-1-3-10(16)14(19)20)13(12)17-8-2-4-11(17)15(21)22/h5-6,9-11,13H,1-4,7-8H2,(H,19,20)(H,21,22)/t9-,10+,11+,13+/m1/s1. The fourth-order valence-corrected chi connectivity index (χ4v) is 4.02. The average molecular weight is 308 g/mol. The second-order valence-corrected chi connectivity index (χ2v) is 6.17. The quantitative estimate of drug-likeness (QED) is 0.752. The molecule has 0 aromatic heterocycles. The third-order valence-electron chi connectivity index (χ3n) is 4.97. The number of aliphatic carboxylic acids is 2. The molecular weight excluding hydrogens is 288 g/mol. The van der Waals surface area contributed by atoms with E-state index in [0.717, 1.165) is 12.8 Å². The number of carboxylic acid groups (broad SMARTS) is 2. The first kappa shape index (κ1) is 15.2. The van der Waals surface area contributed by atoms with Gasteiger partial charge in [0.1, 0.15) is 12.1 Å². The Morgan fingerprint density at radius 1 is 1.00 bits per heavy atom. The van der Waals surface area contributed by atoms with E-state index in [4.69, 9.17) is 0 Å². The summed E-state index contributed by atoms with van der Waals surface area (Å²) in [4.78, 5) is 38.6. The lowest BCUT2D eigenvalue weighted by molar-refractivity contribution is -0.147. The Morgan fingerprint density at radius 2 is 1.55 bits per heavy atom. The van der Waals surface area contributed by atoms with E-state index in [1.807, 2.05) is 4.90 Å². The van der Waals surface area contributed by atoms with Gasteiger partial charge in [0, 0.05) is 0 Å². The molecule has 7 nitrogen and oxygen atoms in total. The number of carboxylic acids is 2. The van der Waals surface area contributed by atoms with Crippen LogP contribution < -0.4 is 0 Å². The van der Waals surface area contributed by atoms with Crippen molar-refractivity contribution >= 4 is 17.7 Å². The molecule has 2 aliphatic heterocycles. The second-order valence-electron chi connectivity index (χ2n) is 6.17. The van der Waals surface area contributed by atoms with Crippen LogP contribution in [0.15, 0.2) is 12.2 Å². The Bertz CT molecular complexity index is 532. The minimum absolute atomic E-state index is 0.116. The molecule has 2 heterocycles. The maximum absolute atomic E-state index is 12.3. The Balaban J connectivity index is 1.84. The van der Waals surface area contributed by atoms with E-state index in [1.165, 1.54) is 6.08 Å². The van der Waals surface area contributed by atoms with E-state index >= 15 is 0 Å². The van der Waals surface area contributed by atoms with Crippen LogP contribution in [0.2, 0.25) is 0 Å². The highest BCUT2D eigenvalue weighted by Gasteiger charge is 2.47. The number of rotatable bonds is 4. The highest BCUT2D eigenvalue weighted by Crippen LogP contribution is 2.31. The fraction of sp³-hybridized carbons (Fsp3) is 0.667. The molecule has 0 bridgehead atoms. The van der Waals surface area contributed by atoms with Crippen molar-refractivity contribution in [1.29, 1.82) is 0 Å². The van der Waals surface area contributed by atoms with Crippen LogP contribution in [0.4, 0.5) is 0 Å². The maximum Gasteiger partial charge on any atom is 0.320 e. The Kier molecular flexibility index (Phi) is 4.01. The lowest BCUT2D eigenvalue weighted by Crippen LogP contribution is -2.56. The number of nitrogens with zero attached hydrogens (tertiary/aromatic N) is 2. The molecule has 0 radical (unpaired) electrons. The fourth-order valence-electron chi connectivity index (χ4n) is 4.02. The number of hydrogen-bond donors (Lipinski definition) is 2. The monoisotopic (exact) mass is 308 g/mol. The SMILES string of the molecule is O=C1C=C[C@@H](N2CCC[C@H]2C(=O)O)[C@@H]1N1CCC[C@H]1C(=O)O. The van der Waals surface area contributed by atoms with Gasteiger partial charge in [-0.05, 0) is 44.8 Å². The Labute approximate surface area is 128 Å². The molecule has 0 aromatic carbocycles. The molecule has 1 aliphatic carbocycles. The van der Waals surface area contributed by atoms with E-state index in [9.17, 15) is 24.6 Å². The van der Waals surface area contributed by atoms with Crippen LogP contribution in [-0.4, -0.2) is 75.0 Å². The highest BCUT2D eigenvalue weighted by atomic mass is 16.4. The summed E-state index contributed by atoms with van der Waals surface area (Å²) in [6, 6.07) is -2.14. The molecule has 0 amide bonds. The summed E-state index contributed by atoms with van der Waals surface area (Å²) in [6.45, 7) is 1.19. The van der Waals surface area contributed by atoms with Gasteiger partial charge in [0.25, 0.3) is 0 Å². The van der Waals surface area contributed by atoms with E-state index in [2.05, 4.69) is 0 Å². The first-order valence-electron chi connectivity index (χ1n) is 7.70. The molecule has 0 saturated carbocycles. The number of ketones is 1. The summed E-state index contributed by atoms with van der Waals surface area (Å²) >= 11 is 0. The van der Waals surface area contributed by atoms with Crippen molar-refractivity contribution in [3.8, 4) is 0 Å². The summed E-state index contributed by atoms with van der Waals surface area (Å²) in [5.41, 5.74) is 0. The minimum atomic E-state index is -0.910. The van der Waals surface area contributed by atoms with Crippen molar-refractivity contribution in [3.63, 3.8) is 0 Å². The zero-order valence-corrected chi connectivity index (χ0v) is 12.2. The molecule has 120 valence electrons. The molecule has 0 spiro atoms. The second kappa shape index (κ2) is 5.81. The average Bonchev–Trinajstić information content (AvgIpc) is 3.15. The van der Waals surface area contributed by atoms with Gasteiger partial charge in [-0.2, -0.15) is 0 Å². The largest absolute Gasteiger partial charge is 0.480 e. The van der Waals surface area contributed by atoms with Gasteiger partial charge >= 0.3 is 11.9 Å². The van der Waals surface area contributed by atoms with Gasteiger partial charge in [0.2, 0.25) is 0 Å². The molecule has 0 unspecified atom stereocenters. The summed E-state index contributed by atoms with van der Waals surface area (Å²) in [5.74, 6) is -1.90. The van der Waals surface area contributed by atoms with Gasteiger partial charge in [-0.1, -0.05) is 6.08 Å². The number of carbonyl (C=O) groups is 3. The van der Waals surface area contributed by atoms with Gasteiger partial charge in [-0.3, -0.25) is 24.2 Å². The Hall–Kier alpha value is -1.73. The maximum atomic E-state index is 12.3. The molecule has 0 aromatic rings. The smallest absolute Gasteiger partial charge is 0.320 e. The van der Waals surface area contributed by atoms with Crippen molar-refractivity contribution in [2.24, 2.45) is 0 Å². The molecule has 2 N–H and O–H groups in total. The zero-order valence-electron chi connectivity index (χ0n) is 12.2. The van der Waals surface area contributed by atoms with Crippen LogP contribution in [0.25, 0.3) is 0 Å². The summed E-state index contributed by atoms with van der Waals surface area (Å²) in [6.07, 6.45) is 5.85. The summed E-state index contributed by atoms with van der Waals surface area (Å²) in [5, 5.41) is 18.7. The third kappa shape index (κ3) is 2.44. The minimum Gasteiger partial charge on any atom is -0.480 e. The predicted octanol–water partition coefficient (Wildman–Crippen LogP) is -0.0395. The molecule has 2 saturated heterocycles. The molecule has 2 fully saturated rings. The van der Waals surface area contributed by atoms with Crippen molar-refractivity contribution in [1.82, 2.24) is 9.80 Å². The normalized spacial score (nSPS) is 36.3. The molecular formula is C15H20N2O5. The summed E-state index contributed by atoms with van der Waals surface area (Å²) in [7, 11) is 0. The van der Waals surface area contributed by atoms with Crippen molar-refractivity contribution in [2.45, 2.75) is 49.9 Å². The molecule has 7 heteroatoms. The number of carbonyl (C=O) groups excluding carboxylic acids is 1. The van der Waals surface area contributed by atoms with Crippen LogP contribution in [-0.2, 0) is 14.4 Å². The highest BCUT2D eigenvalue weighted by molar-refractivity contribution is 5.98. The van der Waals surface area contributed by atoms with Crippen LogP contribution in [0.3, 0.4) is 0 Å². The molecule has 3 aliphatic rings. The number of hydrogen-bond acceptors (Lipinski definition) is 5. The molecule has 4 atom stereocenters. The molecule has 22 heavy (non-hydrogen) atoms. The van der Waals surface area contributed by atoms with E-state index in [0.29, 0.717) is 25.9 Å². The third-order valence-corrected chi connectivity index (χ3v) is 4.97. The van der Waals surface area contributed by atoms with E-state index in [-0.39, 0.29) is 11.8 Å². The van der Waals surface area contributed by atoms with Crippen molar-refractivity contribution in [3.05, 3.63) is 12.2 Å². The summed E-state index contributed by atoms with van der Waals surface area (Å²) < 4.78 is 0. The van der Waals surface area contributed by atoms with Crippen molar-refractivity contribution in [2.75, 3.05) is 13.1 Å².